The summed E-state index contributed by atoms with van der Waals surface area (Å²) < 4.78 is 37.4. The quantitative estimate of drug-likeness (QED) is 0.793. The Kier molecular flexibility index (Phi) is 2.92. The van der Waals surface area contributed by atoms with Crippen LogP contribution in [-0.2, 0) is 6.42 Å². The summed E-state index contributed by atoms with van der Waals surface area (Å²) in [6.07, 6.45) is -2.62. The van der Waals surface area contributed by atoms with Crippen molar-refractivity contribution in [3.8, 4) is 6.07 Å². The predicted molar refractivity (Wildman–Crippen MR) is 42.9 cm³/mol. The van der Waals surface area contributed by atoms with Crippen molar-refractivity contribution in [2.75, 3.05) is 5.73 Å². The van der Waals surface area contributed by atoms with Gasteiger partial charge in [0.25, 0.3) is 6.43 Å². The van der Waals surface area contributed by atoms with E-state index in [1.807, 2.05) is 0 Å². The Balaban J connectivity index is 3.31. The molecule has 0 bridgehead atoms. The molecule has 74 valence electrons. The average molecular weight is 201 g/mol. The number of hydrogen-bond acceptors (Lipinski definition) is 3. The molecule has 0 radical (unpaired) electrons. The van der Waals surface area contributed by atoms with Gasteiger partial charge in [0.2, 0.25) is 0 Å². The van der Waals surface area contributed by atoms with Gasteiger partial charge in [0.15, 0.2) is 5.82 Å². The van der Waals surface area contributed by atoms with Gasteiger partial charge in [0.05, 0.1) is 24.4 Å². The molecule has 0 atom stereocenters. The Hall–Kier alpha value is -1.77. The fourth-order valence-electron chi connectivity index (χ4n) is 1.01. The smallest absolute Gasteiger partial charge is 0.280 e. The van der Waals surface area contributed by atoms with Crippen molar-refractivity contribution in [2.45, 2.75) is 12.8 Å². The summed E-state index contributed by atoms with van der Waals surface area (Å²) in [6.45, 7) is 0. The minimum atomic E-state index is -2.86. The molecular weight excluding hydrogens is 195 g/mol. The van der Waals surface area contributed by atoms with Crippen molar-refractivity contribution in [2.24, 2.45) is 0 Å². The van der Waals surface area contributed by atoms with Gasteiger partial charge in [-0.2, -0.15) is 5.26 Å². The molecule has 1 aromatic heterocycles. The Morgan fingerprint density at radius 3 is 2.71 bits per heavy atom. The van der Waals surface area contributed by atoms with Gasteiger partial charge >= 0.3 is 0 Å². The highest BCUT2D eigenvalue weighted by Crippen LogP contribution is 2.26. The zero-order chi connectivity index (χ0) is 10.7. The van der Waals surface area contributed by atoms with Crippen LogP contribution in [0.4, 0.5) is 18.9 Å². The fourth-order valence-corrected chi connectivity index (χ4v) is 1.01. The number of nitrogens with zero attached hydrogens (tertiary/aromatic N) is 2. The lowest BCUT2D eigenvalue weighted by Gasteiger charge is -2.08. The minimum Gasteiger partial charge on any atom is -0.396 e. The van der Waals surface area contributed by atoms with E-state index in [0.29, 0.717) is 6.20 Å². The fraction of sp³-hybridized carbons (Fsp3) is 0.250. The molecule has 6 heteroatoms. The Morgan fingerprint density at radius 2 is 2.21 bits per heavy atom. The van der Waals surface area contributed by atoms with Gasteiger partial charge in [-0.1, -0.05) is 0 Å². The number of aromatic nitrogens is 1. The molecule has 2 N–H and O–H groups in total. The van der Waals surface area contributed by atoms with Crippen molar-refractivity contribution in [3.05, 3.63) is 23.3 Å². The van der Waals surface area contributed by atoms with Gasteiger partial charge in [-0.15, -0.1) is 0 Å². The van der Waals surface area contributed by atoms with Crippen molar-refractivity contribution in [3.63, 3.8) is 0 Å². The van der Waals surface area contributed by atoms with Crippen LogP contribution >= 0.6 is 0 Å². The van der Waals surface area contributed by atoms with Gasteiger partial charge < -0.3 is 5.73 Å². The van der Waals surface area contributed by atoms with Crippen LogP contribution in [0.1, 0.15) is 17.7 Å². The van der Waals surface area contributed by atoms with Crippen LogP contribution in [0.15, 0.2) is 6.20 Å². The summed E-state index contributed by atoms with van der Waals surface area (Å²) in [5.74, 6) is -0.889. The second-order valence-electron chi connectivity index (χ2n) is 2.52. The standard InChI is InChI=1S/C8H6F3N3/c9-5-3-14-7(8(10)11)4(1-2-12)6(5)13/h3,8H,1H2,(H2,13,14). The molecule has 0 saturated carbocycles. The van der Waals surface area contributed by atoms with Crippen LogP contribution in [0.3, 0.4) is 0 Å². The first kappa shape index (κ1) is 10.3. The number of nitriles is 1. The highest BCUT2D eigenvalue weighted by molar-refractivity contribution is 5.50. The molecule has 0 spiro atoms. The first-order valence-electron chi connectivity index (χ1n) is 3.65. The molecule has 0 amide bonds. The zero-order valence-electron chi connectivity index (χ0n) is 6.97. The summed E-state index contributed by atoms with van der Waals surface area (Å²) in [4.78, 5) is 3.20. The van der Waals surface area contributed by atoms with Crippen molar-refractivity contribution >= 4 is 5.69 Å². The number of nitrogen functional groups attached to an aromatic ring is 1. The molecule has 0 aliphatic rings. The highest BCUT2D eigenvalue weighted by atomic mass is 19.3. The predicted octanol–water partition coefficient (Wildman–Crippen LogP) is 1.81. The SMILES string of the molecule is N#CCc1c(C(F)F)ncc(F)c1N. The summed E-state index contributed by atoms with van der Waals surface area (Å²) in [7, 11) is 0. The van der Waals surface area contributed by atoms with Crippen LogP contribution < -0.4 is 5.73 Å². The molecule has 0 unspecified atom stereocenters. The van der Waals surface area contributed by atoms with Gasteiger partial charge in [0.1, 0.15) is 5.69 Å². The van der Waals surface area contributed by atoms with E-state index >= 15 is 0 Å². The summed E-state index contributed by atoms with van der Waals surface area (Å²) >= 11 is 0. The van der Waals surface area contributed by atoms with Crippen LogP contribution in [0.2, 0.25) is 0 Å². The van der Waals surface area contributed by atoms with Crippen molar-refractivity contribution in [1.29, 1.82) is 5.26 Å². The van der Waals surface area contributed by atoms with Crippen molar-refractivity contribution in [1.82, 2.24) is 4.98 Å². The molecule has 0 fully saturated rings. The number of hydrogen-bond donors (Lipinski definition) is 1. The Morgan fingerprint density at radius 1 is 1.57 bits per heavy atom. The Labute approximate surface area is 78.0 Å². The summed E-state index contributed by atoms with van der Waals surface area (Å²) in [6, 6.07) is 1.63. The first-order chi connectivity index (χ1) is 6.57. The Bertz CT molecular complexity index is 384. The topological polar surface area (TPSA) is 62.7 Å². The lowest BCUT2D eigenvalue weighted by Crippen LogP contribution is -2.05. The highest BCUT2D eigenvalue weighted by Gasteiger charge is 2.19. The van der Waals surface area contributed by atoms with Gasteiger partial charge in [-0.3, -0.25) is 4.98 Å². The average Bonchev–Trinajstić information content (AvgIpc) is 2.13. The third-order valence-electron chi connectivity index (χ3n) is 1.67. The molecule has 1 heterocycles. The molecule has 0 aliphatic carbocycles. The van der Waals surface area contributed by atoms with E-state index in [1.165, 1.54) is 0 Å². The van der Waals surface area contributed by atoms with E-state index in [-0.39, 0.29) is 12.0 Å². The second kappa shape index (κ2) is 3.96. The molecule has 0 aromatic carbocycles. The van der Waals surface area contributed by atoms with E-state index in [4.69, 9.17) is 11.0 Å². The lowest BCUT2D eigenvalue weighted by molar-refractivity contribution is 0.145. The maximum Gasteiger partial charge on any atom is 0.280 e. The van der Waals surface area contributed by atoms with Crippen LogP contribution in [-0.4, -0.2) is 4.98 Å². The molecule has 1 rings (SSSR count). The maximum absolute atomic E-state index is 12.8. The number of nitrogens with two attached hydrogens (primary N) is 1. The number of alkyl halides is 2. The molecule has 1 aromatic rings. The number of rotatable bonds is 2. The molecule has 0 saturated heterocycles. The largest absolute Gasteiger partial charge is 0.396 e. The zero-order valence-corrected chi connectivity index (χ0v) is 6.97. The maximum atomic E-state index is 12.8. The molecule has 14 heavy (non-hydrogen) atoms. The number of halogens is 3. The van der Waals surface area contributed by atoms with E-state index in [0.717, 1.165) is 0 Å². The van der Waals surface area contributed by atoms with E-state index in [9.17, 15) is 13.2 Å². The first-order valence-corrected chi connectivity index (χ1v) is 3.65. The van der Waals surface area contributed by atoms with Gasteiger partial charge in [-0.05, 0) is 0 Å². The van der Waals surface area contributed by atoms with Crippen LogP contribution in [0.5, 0.6) is 0 Å². The summed E-state index contributed by atoms with van der Waals surface area (Å²) in [5, 5.41) is 8.34. The third kappa shape index (κ3) is 1.76. The minimum absolute atomic E-state index is 0.234. The van der Waals surface area contributed by atoms with Gasteiger partial charge in [0, 0.05) is 5.56 Å². The van der Waals surface area contributed by atoms with E-state index in [2.05, 4.69) is 4.98 Å². The van der Waals surface area contributed by atoms with Crippen LogP contribution in [0.25, 0.3) is 0 Å². The molecular formula is C8H6F3N3. The number of anilines is 1. The van der Waals surface area contributed by atoms with Crippen molar-refractivity contribution < 1.29 is 13.2 Å². The molecule has 3 nitrogen and oxygen atoms in total. The normalized spacial score (nSPS) is 10.2. The lowest BCUT2D eigenvalue weighted by atomic mass is 10.1. The van der Waals surface area contributed by atoms with E-state index in [1.54, 1.807) is 6.07 Å². The van der Waals surface area contributed by atoms with Crippen LogP contribution in [0, 0.1) is 17.1 Å². The number of pyridine rings is 1. The monoisotopic (exact) mass is 201 g/mol. The summed E-state index contributed by atoms with van der Waals surface area (Å²) in [5.41, 5.74) is 3.91. The molecule has 0 aliphatic heterocycles. The van der Waals surface area contributed by atoms with Gasteiger partial charge in [-0.25, -0.2) is 13.2 Å². The van der Waals surface area contributed by atoms with E-state index < -0.39 is 23.6 Å². The second-order valence-corrected chi connectivity index (χ2v) is 2.52. The third-order valence-corrected chi connectivity index (χ3v) is 1.67.